The summed E-state index contributed by atoms with van der Waals surface area (Å²) in [5.41, 5.74) is 1.01. The van der Waals surface area contributed by atoms with E-state index in [0.717, 1.165) is 0 Å². The minimum Gasteiger partial charge on any atom is -0.482 e. The molecule has 31 heavy (non-hydrogen) atoms. The van der Waals surface area contributed by atoms with Gasteiger partial charge in [0.2, 0.25) is 15.9 Å². The topological polar surface area (TPSA) is 96.0 Å². The lowest BCUT2D eigenvalue weighted by atomic mass is 10.1. The highest BCUT2D eigenvalue weighted by atomic mass is 35.5. The molecule has 8 nitrogen and oxygen atoms in total. The quantitative estimate of drug-likeness (QED) is 0.740. The van der Waals surface area contributed by atoms with E-state index in [-0.39, 0.29) is 72.5 Å². The average molecular weight is 468 g/mol. The number of rotatable bonds is 4. The maximum absolute atomic E-state index is 13.1. The Morgan fingerprint density at radius 3 is 2.48 bits per heavy atom. The summed E-state index contributed by atoms with van der Waals surface area (Å²) in [6.45, 7) is 0.483. The van der Waals surface area contributed by atoms with Crippen molar-refractivity contribution >= 4 is 39.1 Å². The Hall–Kier alpha value is -2.69. The second-order valence-electron chi connectivity index (χ2n) is 7.20. The lowest BCUT2D eigenvalue weighted by Gasteiger charge is -2.34. The number of hydrogen-bond acceptors (Lipinski definition) is 5. The van der Waals surface area contributed by atoms with Crippen molar-refractivity contribution in [2.24, 2.45) is 0 Å². The van der Waals surface area contributed by atoms with Crippen LogP contribution in [0.15, 0.2) is 41.3 Å². The van der Waals surface area contributed by atoms with Crippen molar-refractivity contribution in [1.29, 1.82) is 0 Å². The predicted molar refractivity (Wildman–Crippen MR) is 111 cm³/mol. The lowest BCUT2D eigenvalue weighted by molar-refractivity contribution is -0.131. The van der Waals surface area contributed by atoms with Gasteiger partial charge < -0.3 is 15.0 Å². The van der Waals surface area contributed by atoms with Crippen molar-refractivity contribution in [2.75, 3.05) is 38.1 Å². The highest BCUT2D eigenvalue weighted by Gasteiger charge is 2.33. The summed E-state index contributed by atoms with van der Waals surface area (Å²) in [6, 6.07) is 8.35. The minimum atomic E-state index is -3.92. The third-order valence-electron chi connectivity index (χ3n) is 5.14. The summed E-state index contributed by atoms with van der Waals surface area (Å²) in [5, 5.41) is 2.55. The smallest absolute Gasteiger partial charge is 0.262 e. The summed E-state index contributed by atoms with van der Waals surface area (Å²) in [7, 11) is -3.92. The van der Waals surface area contributed by atoms with Gasteiger partial charge in [0.25, 0.3) is 5.91 Å². The standard InChI is InChI=1S/C20H19ClFN3O5S/c21-15-10-16-17(30-12-19(26)23-16)11-18(15)31(28,29)25-7-5-24(6-8-25)20(27)9-13-1-3-14(22)4-2-13/h1-4,10-11H,5-9,12H2,(H,23,26). The van der Waals surface area contributed by atoms with Crippen LogP contribution in [-0.2, 0) is 26.0 Å². The first kappa shape index (κ1) is 21.5. The van der Waals surface area contributed by atoms with Crippen LogP contribution in [0.4, 0.5) is 10.1 Å². The van der Waals surface area contributed by atoms with Gasteiger partial charge in [-0.05, 0) is 23.8 Å². The van der Waals surface area contributed by atoms with Crippen LogP contribution in [0.25, 0.3) is 0 Å². The molecular formula is C20H19ClFN3O5S. The molecule has 2 amide bonds. The first-order valence-corrected chi connectivity index (χ1v) is 11.3. The van der Waals surface area contributed by atoms with Crippen molar-refractivity contribution in [3.63, 3.8) is 0 Å². The van der Waals surface area contributed by atoms with Crippen molar-refractivity contribution in [2.45, 2.75) is 11.3 Å². The molecule has 0 atom stereocenters. The highest BCUT2D eigenvalue weighted by molar-refractivity contribution is 7.89. The molecule has 1 saturated heterocycles. The average Bonchev–Trinajstić information content (AvgIpc) is 2.74. The molecule has 2 heterocycles. The molecule has 2 aromatic rings. The molecule has 11 heteroatoms. The Balaban J connectivity index is 1.44. The minimum absolute atomic E-state index is 0.0284. The molecule has 0 aromatic heterocycles. The molecule has 1 N–H and O–H groups in total. The van der Waals surface area contributed by atoms with Crippen molar-refractivity contribution < 1.29 is 27.1 Å². The molecule has 2 aromatic carbocycles. The van der Waals surface area contributed by atoms with Crippen LogP contribution in [0.2, 0.25) is 5.02 Å². The molecule has 0 radical (unpaired) electrons. The number of ether oxygens (including phenoxy) is 1. The Labute approximate surface area is 183 Å². The Bertz CT molecular complexity index is 1130. The number of amides is 2. The van der Waals surface area contributed by atoms with Crippen LogP contribution in [0.3, 0.4) is 0 Å². The van der Waals surface area contributed by atoms with Gasteiger partial charge >= 0.3 is 0 Å². The largest absolute Gasteiger partial charge is 0.482 e. The summed E-state index contributed by atoms with van der Waals surface area (Å²) in [4.78, 5) is 25.4. The van der Waals surface area contributed by atoms with Crippen molar-refractivity contribution in [3.8, 4) is 5.75 Å². The third-order valence-corrected chi connectivity index (χ3v) is 7.51. The number of halogens is 2. The molecule has 0 aliphatic carbocycles. The fourth-order valence-corrected chi connectivity index (χ4v) is 5.42. The number of benzene rings is 2. The Morgan fingerprint density at radius 1 is 1.13 bits per heavy atom. The lowest BCUT2D eigenvalue weighted by Crippen LogP contribution is -2.50. The zero-order chi connectivity index (χ0) is 22.2. The van der Waals surface area contributed by atoms with Gasteiger partial charge in [-0.3, -0.25) is 9.59 Å². The van der Waals surface area contributed by atoms with Crippen LogP contribution in [0.5, 0.6) is 5.75 Å². The molecule has 2 aliphatic rings. The molecule has 0 bridgehead atoms. The van der Waals surface area contributed by atoms with Gasteiger partial charge in [-0.15, -0.1) is 0 Å². The molecule has 2 aliphatic heterocycles. The fourth-order valence-electron chi connectivity index (χ4n) is 3.48. The maximum Gasteiger partial charge on any atom is 0.262 e. The van der Waals surface area contributed by atoms with Crippen molar-refractivity contribution in [1.82, 2.24) is 9.21 Å². The van der Waals surface area contributed by atoms with E-state index in [4.69, 9.17) is 16.3 Å². The van der Waals surface area contributed by atoms with Gasteiger partial charge in [-0.25, -0.2) is 12.8 Å². The number of anilines is 1. The van der Waals surface area contributed by atoms with Gasteiger partial charge in [0.1, 0.15) is 16.5 Å². The number of carbonyl (C=O) groups is 2. The van der Waals surface area contributed by atoms with E-state index >= 15 is 0 Å². The van der Waals surface area contributed by atoms with Gasteiger partial charge in [-0.1, -0.05) is 23.7 Å². The number of sulfonamides is 1. The van der Waals surface area contributed by atoms with Crippen LogP contribution in [-0.4, -0.2) is 62.2 Å². The molecule has 0 saturated carbocycles. The molecular weight excluding hydrogens is 449 g/mol. The first-order chi connectivity index (χ1) is 14.7. The number of nitrogens with zero attached hydrogens (tertiary/aromatic N) is 2. The SMILES string of the molecule is O=C1COc2cc(S(=O)(=O)N3CCN(C(=O)Cc4ccc(F)cc4)CC3)c(Cl)cc2N1. The van der Waals surface area contributed by atoms with Crippen molar-refractivity contribution in [3.05, 3.63) is 52.8 Å². The van der Waals surface area contributed by atoms with Crippen LogP contribution in [0, 0.1) is 5.82 Å². The summed E-state index contributed by atoms with van der Waals surface area (Å²) >= 11 is 6.19. The zero-order valence-corrected chi connectivity index (χ0v) is 17.9. The van der Waals surface area contributed by atoms with Gasteiger partial charge in [0, 0.05) is 32.2 Å². The maximum atomic E-state index is 13.1. The Morgan fingerprint density at radius 2 is 1.81 bits per heavy atom. The third kappa shape index (κ3) is 4.51. The normalized spacial score (nSPS) is 17.0. The highest BCUT2D eigenvalue weighted by Crippen LogP contribution is 2.37. The first-order valence-electron chi connectivity index (χ1n) is 9.52. The van der Waals surface area contributed by atoms with E-state index in [1.54, 1.807) is 17.0 Å². The summed E-state index contributed by atoms with van der Waals surface area (Å²) < 4.78 is 45.8. The van der Waals surface area contributed by atoms with Gasteiger partial charge in [0.15, 0.2) is 6.61 Å². The van der Waals surface area contributed by atoms with E-state index in [1.807, 2.05) is 0 Å². The summed E-state index contributed by atoms with van der Waals surface area (Å²) in [6.07, 6.45) is 0.118. The van der Waals surface area contributed by atoms with E-state index in [9.17, 15) is 22.4 Å². The van der Waals surface area contributed by atoms with Crippen LogP contribution in [0.1, 0.15) is 5.56 Å². The van der Waals surface area contributed by atoms with Crippen LogP contribution >= 0.6 is 11.6 Å². The molecule has 164 valence electrons. The van der Waals surface area contributed by atoms with E-state index in [1.165, 1.54) is 28.6 Å². The number of carbonyl (C=O) groups excluding carboxylic acids is 2. The molecule has 1 fully saturated rings. The predicted octanol–water partition coefficient (Wildman–Crippen LogP) is 1.89. The molecule has 0 spiro atoms. The number of nitrogens with one attached hydrogen (secondary N) is 1. The summed E-state index contributed by atoms with van der Waals surface area (Å²) in [5.74, 6) is -0.639. The van der Waals surface area contributed by atoms with E-state index in [2.05, 4.69) is 5.32 Å². The second-order valence-corrected chi connectivity index (χ2v) is 9.52. The molecule has 4 rings (SSSR count). The monoisotopic (exact) mass is 467 g/mol. The van der Waals surface area contributed by atoms with Gasteiger partial charge in [-0.2, -0.15) is 4.31 Å². The second kappa shape index (κ2) is 8.45. The van der Waals surface area contributed by atoms with E-state index < -0.39 is 10.0 Å². The number of hydrogen-bond donors (Lipinski definition) is 1. The molecule has 0 unspecified atom stereocenters. The fraction of sp³-hybridized carbons (Fsp3) is 0.300. The number of piperazine rings is 1. The van der Waals surface area contributed by atoms with Gasteiger partial charge in [0.05, 0.1) is 17.1 Å². The number of fused-ring (bicyclic) bond motifs is 1. The zero-order valence-electron chi connectivity index (χ0n) is 16.3. The van der Waals surface area contributed by atoms with E-state index in [0.29, 0.717) is 11.3 Å². The Kier molecular flexibility index (Phi) is 5.87. The van der Waals surface area contributed by atoms with Crippen LogP contribution < -0.4 is 10.1 Å².